The van der Waals surface area contributed by atoms with Gasteiger partial charge in [0, 0.05) is 16.9 Å². The molecule has 2 aliphatic rings. The molecule has 1 N–H and O–H groups in total. The predicted molar refractivity (Wildman–Crippen MR) is 109 cm³/mol. The molecule has 1 aromatic carbocycles. The summed E-state index contributed by atoms with van der Waals surface area (Å²) < 4.78 is 7.50. The molecule has 0 saturated heterocycles. The number of para-hydroxylation sites is 1. The number of carbonyl (C=O) groups is 2. The molecule has 0 radical (unpaired) electrons. The molecule has 3 aromatic rings. The van der Waals surface area contributed by atoms with Crippen LogP contribution in [0.5, 0.6) is 0 Å². The Bertz CT molecular complexity index is 1060. The number of rotatable bonds is 4. The first-order chi connectivity index (χ1) is 14.1. The number of carbonyl (C=O) groups excluding carboxylic acids is 2. The van der Waals surface area contributed by atoms with E-state index in [0.717, 1.165) is 36.6 Å². The second-order valence-electron chi connectivity index (χ2n) is 8.37. The maximum atomic E-state index is 13.6. The summed E-state index contributed by atoms with van der Waals surface area (Å²) in [4.78, 5) is 28.7. The fraction of sp³-hybridized carbons (Fsp3) is 0.391. The lowest BCUT2D eigenvalue weighted by Crippen LogP contribution is -2.64. The van der Waals surface area contributed by atoms with Crippen molar-refractivity contribution in [1.82, 2.24) is 14.8 Å². The van der Waals surface area contributed by atoms with Crippen LogP contribution in [0, 0.1) is 0 Å². The summed E-state index contributed by atoms with van der Waals surface area (Å²) in [6.07, 6.45) is 5.89. The quantitative estimate of drug-likeness (QED) is 0.737. The van der Waals surface area contributed by atoms with Crippen LogP contribution in [-0.4, -0.2) is 32.9 Å². The lowest BCUT2D eigenvalue weighted by molar-refractivity contribution is -0.134. The van der Waals surface area contributed by atoms with Gasteiger partial charge in [0.15, 0.2) is 0 Å². The van der Waals surface area contributed by atoms with Gasteiger partial charge in [-0.3, -0.25) is 9.59 Å². The van der Waals surface area contributed by atoms with E-state index in [-0.39, 0.29) is 24.4 Å². The van der Waals surface area contributed by atoms with Gasteiger partial charge < -0.3 is 19.2 Å². The highest BCUT2D eigenvalue weighted by Crippen LogP contribution is 2.34. The van der Waals surface area contributed by atoms with Crippen molar-refractivity contribution >= 4 is 22.7 Å². The SMILES string of the molecule is C[C@]1(C(=O)NC2CCCC2)Cn2c(cc3ccccc32)C(=O)N1Cc1ccco1. The lowest BCUT2D eigenvalue weighted by Gasteiger charge is -2.44. The van der Waals surface area contributed by atoms with Crippen molar-refractivity contribution in [2.75, 3.05) is 0 Å². The third-order valence-corrected chi connectivity index (χ3v) is 6.41. The Labute approximate surface area is 169 Å². The van der Waals surface area contributed by atoms with Crippen molar-refractivity contribution in [3.8, 4) is 0 Å². The van der Waals surface area contributed by atoms with Crippen molar-refractivity contribution < 1.29 is 14.0 Å². The van der Waals surface area contributed by atoms with E-state index in [1.807, 2.05) is 47.9 Å². The van der Waals surface area contributed by atoms with Crippen LogP contribution in [0.4, 0.5) is 0 Å². The summed E-state index contributed by atoms with van der Waals surface area (Å²) in [5.74, 6) is 0.434. The highest BCUT2D eigenvalue weighted by atomic mass is 16.3. The van der Waals surface area contributed by atoms with Crippen LogP contribution >= 0.6 is 0 Å². The molecule has 0 bridgehead atoms. The van der Waals surface area contributed by atoms with Gasteiger partial charge in [-0.15, -0.1) is 0 Å². The van der Waals surface area contributed by atoms with E-state index < -0.39 is 5.54 Å². The molecular weight excluding hydrogens is 366 g/mol. The molecule has 1 saturated carbocycles. The van der Waals surface area contributed by atoms with Crippen molar-refractivity contribution in [2.45, 2.75) is 57.3 Å². The molecule has 0 unspecified atom stereocenters. The second kappa shape index (κ2) is 6.79. The average molecular weight is 391 g/mol. The molecule has 1 aliphatic carbocycles. The Balaban J connectivity index is 1.57. The lowest BCUT2D eigenvalue weighted by atomic mass is 9.94. The summed E-state index contributed by atoms with van der Waals surface area (Å²) in [7, 11) is 0. The summed E-state index contributed by atoms with van der Waals surface area (Å²) >= 11 is 0. The van der Waals surface area contributed by atoms with Gasteiger partial charge in [0.25, 0.3) is 5.91 Å². The first-order valence-electron chi connectivity index (χ1n) is 10.3. The smallest absolute Gasteiger partial charge is 0.271 e. The topological polar surface area (TPSA) is 67.5 Å². The number of fused-ring (bicyclic) bond motifs is 3. The molecule has 0 spiro atoms. The normalized spacial score (nSPS) is 22.2. The maximum Gasteiger partial charge on any atom is 0.271 e. The molecular formula is C23H25N3O3. The summed E-state index contributed by atoms with van der Waals surface area (Å²) in [6.45, 7) is 2.55. The zero-order chi connectivity index (χ0) is 20.0. The van der Waals surface area contributed by atoms with Gasteiger partial charge in [-0.2, -0.15) is 0 Å². The number of nitrogens with one attached hydrogen (secondary N) is 1. The minimum Gasteiger partial charge on any atom is -0.467 e. The molecule has 2 amide bonds. The monoisotopic (exact) mass is 391 g/mol. The van der Waals surface area contributed by atoms with Gasteiger partial charge in [-0.05, 0) is 44.0 Å². The number of hydrogen-bond donors (Lipinski definition) is 1. The number of aromatic nitrogens is 1. The molecule has 1 aliphatic heterocycles. The third-order valence-electron chi connectivity index (χ3n) is 6.41. The Morgan fingerprint density at radius 2 is 2.00 bits per heavy atom. The van der Waals surface area contributed by atoms with Crippen LogP contribution in [0.2, 0.25) is 0 Å². The molecule has 6 heteroatoms. The van der Waals surface area contributed by atoms with Crippen LogP contribution in [0.25, 0.3) is 10.9 Å². The highest BCUT2D eigenvalue weighted by Gasteiger charge is 2.48. The van der Waals surface area contributed by atoms with E-state index in [4.69, 9.17) is 4.42 Å². The molecule has 1 fully saturated rings. The van der Waals surface area contributed by atoms with Crippen LogP contribution in [-0.2, 0) is 17.9 Å². The van der Waals surface area contributed by atoms with Crippen LogP contribution in [0.3, 0.4) is 0 Å². The fourth-order valence-corrected chi connectivity index (χ4v) is 4.72. The van der Waals surface area contributed by atoms with Gasteiger partial charge in [0.05, 0.1) is 19.4 Å². The molecule has 29 heavy (non-hydrogen) atoms. The van der Waals surface area contributed by atoms with Gasteiger partial charge in [0.2, 0.25) is 5.91 Å². The van der Waals surface area contributed by atoms with Gasteiger partial charge in [-0.25, -0.2) is 0 Å². The van der Waals surface area contributed by atoms with E-state index in [0.29, 0.717) is 18.0 Å². The Morgan fingerprint density at radius 1 is 1.21 bits per heavy atom. The van der Waals surface area contributed by atoms with Crippen LogP contribution in [0.15, 0.2) is 53.1 Å². The Kier molecular flexibility index (Phi) is 4.23. The number of benzene rings is 1. The van der Waals surface area contributed by atoms with E-state index >= 15 is 0 Å². The molecule has 1 atom stereocenters. The van der Waals surface area contributed by atoms with Gasteiger partial charge in [0.1, 0.15) is 17.0 Å². The fourth-order valence-electron chi connectivity index (χ4n) is 4.72. The zero-order valence-corrected chi connectivity index (χ0v) is 16.6. The first-order valence-corrected chi connectivity index (χ1v) is 10.3. The van der Waals surface area contributed by atoms with Crippen LogP contribution in [0.1, 0.15) is 48.9 Å². The average Bonchev–Trinajstić information content (AvgIpc) is 3.47. The van der Waals surface area contributed by atoms with E-state index in [9.17, 15) is 9.59 Å². The largest absolute Gasteiger partial charge is 0.467 e. The maximum absolute atomic E-state index is 13.6. The standard InChI is InChI=1S/C23H25N3O3/c1-23(22(28)24-17-8-3-4-9-17)15-25-19-11-5-2-7-16(19)13-20(25)21(27)26(23)14-18-10-6-12-29-18/h2,5-7,10-13,17H,3-4,8-9,14-15H2,1H3,(H,24,28)/t23-/m1/s1. The Hall–Kier alpha value is -3.02. The minimum atomic E-state index is -0.999. The molecule has 2 aromatic heterocycles. The summed E-state index contributed by atoms with van der Waals surface area (Å²) in [5.41, 5.74) is 0.596. The van der Waals surface area contributed by atoms with E-state index in [1.165, 1.54) is 0 Å². The number of nitrogens with zero attached hydrogens (tertiary/aromatic N) is 2. The number of amides is 2. The molecule has 6 nitrogen and oxygen atoms in total. The highest BCUT2D eigenvalue weighted by molar-refractivity contribution is 6.03. The first kappa shape index (κ1) is 18.0. The number of hydrogen-bond acceptors (Lipinski definition) is 3. The minimum absolute atomic E-state index is 0.0901. The van der Waals surface area contributed by atoms with Crippen molar-refractivity contribution in [3.63, 3.8) is 0 Å². The third kappa shape index (κ3) is 2.94. The van der Waals surface area contributed by atoms with Gasteiger partial charge in [-0.1, -0.05) is 31.0 Å². The van der Waals surface area contributed by atoms with Crippen LogP contribution < -0.4 is 5.32 Å². The summed E-state index contributed by atoms with van der Waals surface area (Å²) in [6, 6.07) is 13.7. The molecule has 150 valence electrons. The van der Waals surface area contributed by atoms with Crippen molar-refractivity contribution in [3.05, 3.63) is 60.2 Å². The Morgan fingerprint density at radius 3 is 2.76 bits per heavy atom. The molecule has 5 rings (SSSR count). The van der Waals surface area contributed by atoms with Crippen molar-refractivity contribution in [1.29, 1.82) is 0 Å². The van der Waals surface area contributed by atoms with Crippen molar-refractivity contribution in [2.24, 2.45) is 0 Å². The van der Waals surface area contributed by atoms with E-state index in [2.05, 4.69) is 5.32 Å². The van der Waals surface area contributed by atoms with Gasteiger partial charge >= 0.3 is 0 Å². The summed E-state index contributed by atoms with van der Waals surface area (Å²) in [5, 5.41) is 4.22. The second-order valence-corrected chi connectivity index (χ2v) is 8.37. The molecule has 3 heterocycles. The zero-order valence-electron chi connectivity index (χ0n) is 16.6. The van der Waals surface area contributed by atoms with E-state index in [1.54, 1.807) is 17.2 Å². The number of furan rings is 1. The predicted octanol–water partition coefficient (Wildman–Crippen LogP) is 3.71.